The van der Waals surface area contributed by atoms with Crippen molar-refractivity contribution in [3.05, 3.63) is 42.9 Å². The number of hydrogen-bond acceptors (Lipinski definition) is 3. The van der Waals surface area contributed by atoms with Crippen LogP contribution >= 0.6 is 0 Å². The van der Waals surface area contributed by atoms with Crippen LogP contribution in [0.5, 0.6) is 0 Å². The number of nitrogens with zero attached hydrogens (tertiary/aromatic N) is 1. The molecule has 0 unspecified atom stereocenters. The van der Waals surface area contributed by atoms with Gasteiger partial charge in [-0.2, -0.15) is 0 Å². The van der Waals surface area contributed by atoms with Crippen LogP contribution in [0.25, 0.3) is 11.1 Å². The third-order valence-corrected chi connectivity index (χ3v) is 3.08. The van der Waals surface area contributed by atoms with Gasteiger partial charge in [-0.15, -0.1) is 0 Å². The van der Waals surface area contributed by atoms with Gasteiger partial charge in [0, 0.05) is 18.7 Å². The van der Waals surface area contributed by atoms with E-state index in [0.717, 1.165) is 31.9 Å². The molecule has 2 heterocycles. The molecule has 0 amide bonds. The Morgan fingerprint density at radius 3 is 2.47 bits per heavy atom. The summed E-state index contributed by atoms with van der Waals surface area (Å²) in [6, 6.07) is 10.3. The van der Waals surface area contributed by atoms with Crippen molar-refractivity contribution >= 4 is 5.69 Å². The lowest BCUT2D eigenvalue weighted by Gasteiger charge is -2.28. The highest BCUT2D eigenvalue weighted by Gasteiger charge is 2.17. The average Bonchev–Trinajstić information content (AvgIpc) is 2.90. The largest absolute Gasteiger partial charge is 0.470 e. The number of ether oxygens (including phenoxy) is 1. The van der Waals surface area contributed by atoms with Crippen LogP contribution in [0.2, 0.25) is 0 Å². The first kappa shape index (κ1) is 10.4. The Balaban J connectivity index is 1.93. The van der Waals surface area contributed by atoms with Gasteiger partial charge in [-0.25, -0.2) is 0 Å². The summed E-state index contributed by atoms with van der Waals surface area (Å²) in [7, 11) is 0. The molecule has 0 spiro atoms. The molecule has 3 heteroatoms. The van der Waals surface area contributed by atoms with Crippen molar-refractivity contribution in [1.82, 2.24) is 0 Å². The molecule has 0 atom stereocenters. The maximum atomic E-state index is 5.37. The summed E-state index contributed by atoms with van der Waals surface area (Å²) in [5.41, 5.74) is 3.52. The van der Waals surface area contributed by atoms with Crippen molar-refractivity contribution in [2.75, 3.05) is 31.2 Å². The number of rotatable bonds is 2. The molecule has 1 aliphatic heterocycles. The standard InChI is InChI=1S/C14H15NO2/c1-2-4-12(5-3-1)13-10-17-11-14(13)15-6-8-16-9-7-15/h1-5,10-11H,6-9H2. The number of hydrogen-bond donors (Lipinski definition) is 0. The second kappa shape index (κ2) is 4.63. The van der Waals surface area contributed by atoms with E-state index in [2.05, 4.69) is 17.0 Å². The van der Waals surface area contributed by atoms with Crippen LogP contribution in [-0.4, -0.2) is 26.3 Å². The molecule has 2 aromatic rings. The second-order valence-electron chi connectivity index (χ2n) is 4.14. The average molecular weight is 229 g/mol. The zero-order valence-electron chi connectivity index (χ0n) is 9.63. The topological polar surface area (TPSA) is 25.6 Å². The molecule has 0 aliphatic carbocycles. The zero-order chi connectivity index (χ0) is 11.5. The van der Waals surface area contributed by atoms with Gasteiger partial charge in [0.2, 0.25) is 0 Å². The highest BCUT2D eigenvalue weighted by Crippen LogP contribution is 2.32. The van der Waals surface area contributed by atoms with E-state index < -0.39 is 0 Å². The van der Waals surface area contributed by atoms with Crippen molar-refractivity contribution in [3.63, 3.8) is 0 Å². The smallest absolute Gasteiger partial charge is 0.114 e. The molecular weight excluding hydrogens is 214 g/mol. The molecular formula is C14H15NO2. The Hall–Kier alpha value is -1.74. The molecule has 1 aromatic heterocycles. The number of anilines is 1. The monoisotopic (exact) mass is 229 g/mol. The van der Waals surface area contributed by atoms with E-state index in [9.17, 15) is 0 Å². The van der Waals surface area contributed by atoms with Gasteiger partial charge in [-0.1, -0.05) is 30.3 Å². The fraction of sp³-hybridized carbons (Fsp3) is 0.286. The molecule has 1 fully saturated rings. The maximum Gasteiger partial charge on any atom is 0.114 e. The van der Waals surface area contributed by atoms with Gasteiger partial charge in [-0.3, -0.25) is 0 Å². The highest BCUT2D eigenvalue weighted by molar-refractivity contribution is 5.77. The van der Waals surface area contributed by atoms with Crippen LogP contribution in [0.4, 0.5) is 5.69 Å². The van der Waals surface area contributed by atoms with E-state index >= 15 is 0 Å². The van der Waals surface area contributed by atoms with Crippen molar-refractivity contribution < 1.29 is 9.15 Å². The van der Waals surface area contributed by atoms with Crippen LogP contribution in [0.1, 0.15) is 0 Å². The van der Waals surface area contributed by atoms with Gasteiger partial charge >= 0.3 is 0 Å². The Morgan fingerprint density at radius 1 is 0.941 bits per heavy atom. The molecule has 88 valence electrons. The first-order valence-corrected chi connectivity index (χ1v) is 5.89. The molecule has 0 N–H and O–H groups in total. The molecule has 0 saturated carbocycles. The lowest BCUT2D eigenvalue weighted by Crippen LogP contribution is -2.36. The first-order chi connectivity index (χ1) is 8.45. The van der Waals surface area contributed by atoms with Crippen LogP contribution in [-0.2, 0) is 4.74 Å². The van der Waals surface area contributed by atoms with Crippen LogP contribution in [0.3, 0.4) is 0 Å². The van der Waals surface area contributed by atoms with Crippen LogP contribution in [0, 0.1) is 0 Å². The fourth-order valence-corrected chi connectivity index (χ4v) is 2.17. The third kappa shape index (κ3) is 2.06. The van der Waals surface area contributed by atoms with Crippen molar-refractivity contribution in [3.8, 4) is 11.1 Å². The van der Waals surface area contributed by atoms with Crippen LogP contribution in [0.15, 0.2) is 47.3 Å². The molecule has 1 aromatic carbocycles. The quantitative estimate of drug-likeness (QED) is 0.791. The molecule has 3 nitrogen and oxygen atoms in total. The lowest BCUT2D eigenvalue weighted by molar-refractivity contribution is 0.122. The maximum absolute atomic E-state index is 5.37. The SMILES string of the molecule is c1ccc(-c2cocc2N2CCOCC2)cc1. The van der Waals surface area contributed by atoms with Crippen molar-refractivity contribution in [1.29, 1.82) is 0 Å². The van der Waals surface area contributed by atoms with Gasteiger partial charge in [0.05, 0.1) is 18.9 Å². The van der Waals surface area contributed by atoms with Gasteiger partial charge in [0.1, 0.15) is 12.5 Å². The van der Waals surface area contributed by atoms with Gasteiger partial charge in [-0.05, 0) is 5.56 Å². The summed E-state index contributed by atoms with van der Waals surface area (Å²) in [6.07, 6.45) is 3.65. The van der Waals surface area contributed by atoms with E-state index in [4.69, 9.17) is 9.15 Å². The number of benzene rings is 1. The van der Waals surface area contributed by atoms with Crippen molar-refractivity contribution in [2.45, 2.75) is 0 Å². The highest BCUT2D eigenvalue weighted by atomic mass is 16.5. The summed E-state index contributed by atoms with van der Waals surface area (Å²) >= 11 is 0. The zero-order valence-corrected chi connectivity index (χ0v) is 9.63. The van der Waals surface area contributed by atoms with E-state index in [1.54, 1.807) is 0 Å². The molecule has 3 rings (SSSR count). The minimum absolute atomic E-state index is 0.791. The third-order valence-electron chi connectivity index (χ3n) is 3.08. The predicted octanol–water partition coefficient (Wildman–Crippen LogP) is 2.78. The second-order valence-corrected chi connectivity index (χ2v) is 4.14. The molecule has 0 radical (unpaired) electrons. The fourth-order valence-electron chi connectivity index (χ4n) is 2.17. The normalized spacial score (nSPS) is 16.1. The van der Waals surface area contributed by atoms with E-state index in [1.807, 2.05) is 30.7 Å². The van der Waals surface area contributed by atoms with E-state index in [1.165, 1.54) is 11.3 Å². The van der Waals surface area contributed by atoms with E-state index in [0.29, 0.717) is 0 Å². The molecule has 17 heavy (non-hydrogen) atoms. The van der Waals surface area contributed by atoms with Crippen LogP contribution < -0.4 is 4.90 Å². The Kier molecular flexibility index (Phi) is 2.84. The lowest BCUT2D eigenvalue weighted by atomic mass is 10.1. The van der Waals surface area contributed by atoms with Crippen molar-refractivity contribution in [2.24, 2.45) is 0 Å². The summed E-state index contributed by atoms with van der Waals surface area (Å²) < 4.78 is 10.7. The number of furan rings is 1. The molecule has 1 saturated heterocycles. The van der Waals surface area contributed by atoms with E-state index in [-0.39, 0.29) is 0 Å². The Bertz CT molecular complexity index is 472. The minimum Gasteiger partial charge on any atom is -0.470 e. The number of morpholine rings is 1. The summed E-state index contributed by atoms with van der Waals surface area (Å²) in [5.74, 6) is 0. The summed E-state index contributed by atoms with van der Waals surface area (Å²) in [4.78, 5) is 2.31. The minimum atomic E-state index is 0.791. The van der Waals surface area contributed by atoms with Gasteiger partial charge in [0.15, 0.2) is 0 Å². The first-order valence-electron chi connectivity index (χ1n) is 5.89. The summed E-state index contributed by atoms with van der Waals surface area (Å²) in [5, 5.41) is 0. The Morgan fingerprint density at radius 2 is 1.71 bits per heavy atom. The van der Waals surface area contributed by atoms with Gasteiger partial charge in [0.25, 0.3) is 0 Å². The van der Waals surface area contributed by atoms with Gasteiger partial charge < -0.3 is 14.1 Å². The summed E-state index contributed by atoms with van der Waals surface area (Å²) in [6.45, 7) is 3.44. The predicted molar refractivity (Wildman–Crippen MR) is 67.2 cm³/mol. The Labute approximate surface area is 101 Å². The molecule has 1 aliphatic rings. The molecule has 0 bridgehead atoms.